The molecule has 0 amide bonds. The largest absolute Gasteiger partial charge is 0.335 e. The summed E-state index contributed by atoms with van der Waals surface area (Å²) >= 11 is 5.31. The van der Waals surface area contributed by atoms with Crippen LogP contribution in [0.15, 0.2) is 27.7 Å². The van der Waals surface area contributed by atoms with Crippen molar-refractivity contribution in [3.05, 3.63) is 28.2 Å². The molecule has 2 rings (SSSR count). The van der Waals surface area contributed by atoms with Gasteiger partial charge in [0.2, 0.25) is 0 Å². The molecule has 0 saturated heterocycles. The molecule has 1 aromatic rings. The molecule has 2 nitrogen and oxygen atoms in total. The third kappa shape index (κ3) is 3.75. The summed E-state index contributed by atoms with van der Waals surface area (Å²) in [5.41, 5.74) is 2.66. The van der Waals surface area contributed by atoms with Gasteiger partial charge in [0, 0.05) is 22.5 Å². The van der Waals surface area contributed by atoms with Crippen molar-refractivity contribution in [3.8, 4) is 0 Å². The maximum Gasteiger partial charge on any atom is 0.161 e. The summed E-state index contributed by atoms with van der Waals surface area (Å²) in [5, 5.41) is 4.41. The van der Waals surface area contributed by atoms with E-state index in [2.05, 4.69) is 65.2 Å². The predicted octanol–water partition coefficient (Wildman–Crippen LogP) is 4.30. The molecule has 0 fully saturated rings. The predicted molar refractivity (Wildman–Crippen MR) is 81.0 cm³/mol. The molecule has 0 saturated carbocycles. The Labute approximate surface area is 115 Å². The number of thioether (sulfide) groups is 1. The number of rotatable bonds is 1. The van der Waals surface area contributed by atoms with Gasteiger partial charge in [0.05, 0.1) is 0 Å². The Morgan fingerprint density at radius 1 is 1.35 bits per heavy atom. The molecule has 4 heteroatoms. The average Bonchev–Trinajstić information content (AvgIpc) is 2.20. The lowest BCUT2D eigenvalue weighted by atomic mass is 9.97. The van der Waals surface area contributed by atoms with E-state index in [0.29, 0.717) is 5.41 Å². The fraction of sp³-hybridized carbons (Fsp3) is 0.462. The molecule has 0 radical (unpaired) electrons. The van der Waals surface area contributed by atoms with Crippen LogP contribution in [0.25, 0.3) is 0 Å². The summed E-state index contributed by atoms with van der Waals surface area (Å²) in [7, 11) is 0. The monoisotopic (exact) mass is 312 g/mol. The van der Waals surface area contributed by atoms with Gasteiger partial charge in [-0.15, -0.1) is 0 Å². The quantitative estimate of drug-likeness (QED) is 0.836. The van der Waals surface area contributed by atoms with Crippen LogP contribution in [0.1, 0.15) is 19.4 Å². The van der Waals surface area contributed by atoms with E-state index in [1.54, 1.807) is 11.8 Å². The van der Waals surface area contributed by atoms with E-state index in [9.17, 15) is 0 Å². The van der Waals surface area contributed by atoms with Gasteiger partial charge >= 0.3 is 0 Å². The number of aliphatic imine (C=N–C) groups is 1. The zero-order valence-electron chi connectivity index (χ0n) is 10.4. The molecule has 0 unspecified atom stereocenters. The lowest BCUT2D eigenvalue weighted by Crippen LogP contribution is -2.27. The second kappa shape index (κ2) is 5.02. The van der Waals surface area contributed by atoms with Crippen LogP contribution in [0, 0.1) is 12.3 Å². The molecule has 1 aromatic carbocycles. The van der Waals surface area contributed by atoms with Crippen molar-refractivity contribution in [1.29, 1.82) is 0 Å². The molecule has 0 aromatic heterocycles. The molecule has 1 aliphatic heterocycles. The lowest BCUT2D eigenvalue weighted by molar-refractivity contribution is 0.438. The van der Waals surface area contributed by atoms with E-state index in [4.69, 9.17) is 0 Å². The highest BCUT2D eigenvalue weighted by Gasteiger charge is 2.23. The minimum atomic E-state index is 0.322. The molecule has 0 spiro atoms. The van der Waals surface area contributed by atoms with E-state index < -0.39 is 0 Å². The van der Waals surface area contributed by atoms with Crippen molar-refractivity contribution in [2.45, 2.75) is 20.8 Å². The number of hydrogen-bond donors (Lipinski definition) is 1. The van der Waals surface area contributed by atoms with Crippen LogP contribution in [-0.2, 0) is 0 Å². The second-order valence-corrected chi connectivity index (χ2v) is 7.10. The van der Waals surface area contributed by atoms with Gasteiger partial charge in [-0.05, 0) is 36.1 Å². The van der Waals surface area contributed by atoms with Crippen LogP contribution < -0.4 is 5.32 Å². The van der Waals surface area contributed by atoms with Crippen LogP contribution in [0.5, 0.6) is 0 Å². The second-order valence-electron chi connectivity index (χ2n) is 5.22. The first-order valence-electron chi connectivity index (χ1n) is 5.66. The highest BCUT2D eigenvalue weighted by atomic mass is 79.9. The van der Waals surface area contributed by atoms with Gasteiger partial charge in [-0.1, -0.05) is 41.5 Å². The first kappa shape index (κ1) is 13.0. The van der Waals surface area contributed by atoms with E-state index >= 15 is 0 Å². The number of benzene rings is 1. The number of hydrogen-bond acceptors (Lipinski definition) is 3. The number of nitrogens with zero attached hydrogens (tertiary/aromatic N) is 1. The third-order valence-corrected chi connectivity index (χ3v) is 4.43. The summed E-state index contributed by atoms with van der Waals surface area (Å²) in [6.45, 7) is 7.50. The van der Waals surface area contributed by atoms with Gasteiger partial charge in [0.25, 0.3) is 0 Å². The molecular weight excluding hydrogens is 296 g/mol. The Morgan fingerprint density at radius 2 is 2.12 bits per heavy atom. The number of anilines is 1. The minimum absolute atomic E-state index is 0.322. The molecular formula is C13H17BrN2S. The molecule has 0 aliphatic carbocycles. The molecule has 17 heavy (non-hydrogen) atoms. The topological polar surface area (TPSA) is 24.4 Å². The fourth-order valence-electron chi connectivity index (χ4n) is 1.65. The Hall–Kier alpha value is -0.480. The summed E-state index contributed by atoms with van der Waals surface area (Å²) < 4.78 is 1.10. The molecule has 1 N–H and O–H groups in total. The van der Waals surface area contributed by atoms with Crippen molar-refractivity contribution in [2.75, 3.05) is 17.6 Å². The van der Waals surface area contributed by atoms with Gasteiger partial charge in [0.1, 0.15) is 0 Å². The normalized spacial score (nSPS) is 18.7. The van der Waals surface area contributed by atoms with Crippen molar-refractivity contribution in [1.82, 2.24) is 0 Å². The van der Waals surface area contributed by atoms with Gasteiger partial charge in [-0.3, -0.25) is 4.99 Å². The van der Waals surface area contributed by atoms with Crippen molar-refractivity contribution < 1.29 is 0 Å². The number of halogens is 1. The van der Waals surface area contributed by atoms with Crippen LogP contribution >= 0.6 is 27.7 Å². The standard InChI is InChI=1S/C13H17BrN2S/c1-9-4-10(14)6-11(5-9)16-12-15-7-13(2,3)8-17-12/h4-6H,7-8H2,1-3H3,(H,15,16). The van der Waals surface area contributed by atoms with E-state index in [0.717, 1.165) is 27.6 Å². The summed E-state index contributed by atoms with van der Waals surface area (Å²) in [6.07, 6.45) is 0. The summed E-state index contributed by atoms with van der Waals surface area (Å²) in [4.78, 5) is 4.59. The number of nitrogens with one attached hydrogen (secondary N) is 1. The number of aryl methyl sites for hydroxylation is 1. The van der Waals surface area contributed by atoms with E-state index in [1.807, 2.05) is 0 Å². The zero-order chi connectivity index (χ0) is 12.5. The highest BCUT2D eigenvalue weighted by Crippen LogP contribution is 2.29. The van der Waals surface area contributed by atoms with E-state index in [1.165, 1.54) is 5.56 Å². The Morgan fingerprint density at radius 3 is 2.71 bits per heavy atom. The van der Waals surface area contributed by atoms with Gasteiger partial charge < -0.3 is 5.32 Å². The smallest absolute Gasteiger partial charge is 0.161 e. The zero-order valence-corrected chi connectivity index (χ0v) is 12.8. The molecule has 1 heterocycles. The molecule has 0 bridgehead atoms. The fourth-order valence-corrected chi connectivity index (χ4v) is 3.22. The summed E-state index contributed by atoms with van der Waals surface area (Å²) in [5.74, 6) is 1.12. The third-order valence-electron chi connectivity index (χ3n) is 2.54. The minimum Gasteiger partial charge on any atom is -0.335 e. The van der Waals surface area contributed by atoms with Crippen molar-refractivity contribution >= 4 is 38.5 Å². The van der Waals surface area contributed by atoms with Gasteiger partial charge in [-0.25, -0.2) is 0 Å². The van der Waals surface area contributed by atoms with Gasteiger partial charge in [0.15, 0.2) is 5.17 Å². The van der Waals surface area contributed by atoms with Crippen LogP contribution in [0.2, 0.25) is 0 Å². The Kier molecular flexibility index (Phi) is 3.83. The summed E-state index contributed by atoms with van der Waals surface area (Å²) in [6, 6.07) is 6.31. The van der Waals surface area contributed by atoms with Crippen LogP contribution in [0.3, 0.4) is 0 Å². The van der Waals surface area contributed by atoms with Crippen LogP contribution in [-0.4, -0.2) is 17.5 Å². The molecule has 1 aliphatic rings. The first-order valence-corrected chi connectivity index (χ1v) is 7.44. The SMILES string of the molecule is Cc1cc(Br)cc(NC2=NCC(C)(C)CS2)c1. The molecule has 0 atom stereocenters. The van der Waals surface area contributed by atoms with Gasteiger partial charge in [-0.2, -0.15) is 0 Å². The Bertz CT molecular complexity index is 434. The highest BCUT2D eigenvalue weighted by molar-refractivity contribution is 9.10. The molecule has 92 valence electrons. The number of amidine groups is 1. The van der Waals surface area contributed by atoms with Crippen molar-refractivity contribution in [2.24, 2.45) is 10.4 Å². The first-order chi connectivity index (χ1) is 7.94. The Balaban J connectivity index is 2.09. The maximum absolute atomic E-state index is 4.59. The van der Waals surface area contributed by atoms with E-state index in [-0.39, 0.29) is 0 Å². The maximum atomic E-state index is 4.59. The average molecular weight is 313 g/mol. The van der Waals surface area contributed by atoms with Crippen molar-refractivity contribution in [3.63, 3.8) is 0 Å². The van der Waals surface area contributed by atoms with Crippen LogP contribution in [0.4, 0.5) is 5.69 Å². The lowest BCUT2D eigenvalue weighted by Gasteiger charge is -2.27.